The summed E-state index contributed by atoms with van der Waals surface area (Å²) < 4.78 is 35.0. The van der Waals surface area contributed by atoms with Crippen molar-refractivity contribution in [2.24, 2.45) is 0 Å². The number of sulfonamides is 1. The molecule has 10 heteroatoms. The molecule has 2 amide bonds. The van der Waals surface area contributed by atoms with Crippen molar-refractivity contribution in [3.63, 3.8) is 0 Å². The molecule has 3 aromatic carbocycles. The van der Waals surface area contributed by atoms with Gasteiger partial charge < -0.3 is 15.0 Å². The lowest BCUT2D eigenvalue weighted by Crippen LogP contribution is -2.53. The fraction of sp³-hybridized carbons (Fsp3) is 0.394. The van der Waals surface area contributed by atoms with E-state index in [0.717, 1.165) is 42.0 Å². The Kier molecular flexibility index (Phi) is 11.5. The monoisotopic (exact) mass is 625 g/mol. The molecule has 0 saturated heterocycles. The average molecular weight is 626 g/mol. The third kappa shape index (κ3) is 8.51. The van der Waals surface area contributed by atoms with Crippen LogP contribution < -0.4 is 14.4 Å². The summed E-state index contributed by atoms with van der Waals surface area (Å²) in [6.45, 7) is 3.53. The molecule has 1 atom stereocenters. The Morgan fingerprint density at radius 2 is 1.60 bits per heavy atom. The highest BCUT2D eigenvalue weighted by Crippen LogP contribution is 2.33. The van der Waals surface area contributed by atoms with Crippen molar-refractivity contribution in [1.82, 2.24) is 10.2 Å². The third-order valence-electron chi connectivity index (χ3n) is 7.72. The lowest BCUT2D eigenvalue weighted by Gasteiger charge is -2.33. The molecular formula is C33H40ClN3O5S. The van der Waals surface area contributed by atoms with E-state index in [-0.39, 0.29) is 29.1 Å². The van der Waals surface area contributed by atoms with Crippen LogP contribution in [0, 0.1) is 0 Å². The standard InChI is InChI=1S/C33H40ClN3O5S/c1-3-42-31-17-11-10-16-30(31)37(43(40,41)29-20-18-27(34)19-21-29)24-32(38)36(23-22-26-12-6-4-7-13-26)25(2)33(39)35-28-14-8-5-9-15-28/h4,6-7,10-13,16-21,25,28H,3,5,8-9,14-15,22-24H2,1-2H3,(H,35,39)/t25-/m0/s1. The summed E-state index contributed by atoms with van der Waals surface area (Å²) >= 11 is 6.04. The van der Waals surface area contributed by atoms with Crippen molar-refractivity contribution in [1.29, 1.82) is 0 Å². The maximum atomic E-state index is 14.2. The maximum absolute atomic E-state index is 14.2. The van der Waals surface area contributed by atoms with E-state index in [1.807, 2.05) is 30.3 Å². The molecule has 4 rings (SSSR count). The number of rotatable bonds is 13. The van der Waals surface area contributed by atoms with Crippen LogP contribution in [0.15, 0.2) is 83.8 Å². The van der Waals surface area contributed by atoms with Gasteiger partial charge in [-0.15, -0.1) is 0 Å². The van der Waals surface area contributed by atoms with Gasteiger partial charge in [-0.05, 0) is 75.1 Å². The van der Waals surface area contributed by atoms with Gasteiger partial charge in [-0.25, -0.2) is 8.42 Å². The zero-order chi connectivity index (χ0) is 30.8. The van der Waals surface area contributed by atoms with Crippen LogP contribution in [0.4, 0.5) is 5.69 Å². The van der Waals surface area contributed by atoms with E-state index >= 15 is 0 Å². The average Bonchev–Trinajstić information content (AvgIpc) is 3.01. The summed E-state index contributed by atoms with van der Waals surface area (Å²) in [5, 5.41) is 3.52. The Bertz CT molecular complexity index is 1460. The van der Waals surface area contributed by atoms with Crippen LogP contribution in [0.5, 0.6) is 5.75 Å². The van der Waals surface area contributed by atoms with Gasteiger partial charge in [0.1, 0.15) is 18.3 Å². The van der Waals surface area contributed by atoms with E-state index < -0.39 is 28.5 Å². The molecule has 3 aromatic rings. The Morgan fingerprint density at radius 1 is 0.953 bits per heavy atom. The number of anilines is 1. The summed E-state index contributed by atoms with van der Waals surface area (Å²) in [6, 6.07) is 21.5. The molecule has 1 N–H and O–H groups in total. The molecule has 0 unspecified atom stereocenters. The van der Waals surface area contributed by atoms with Crippen molar-refractivity contribution < 1.29 is 22.7 Å². The Balaban J connectivity index is 1.67. The minimum absolute atomic E-state index is 0.0186. The first-order valence-corrected chi connectivity index (χ1v) is 16.7. The molecule has 0 bridgehead atoms. The summed E-state index contributed by atoms with van der Waals surface area (Å²) in [4.78, 5) is 29.1. The van der Waals surface area contributed by atoms with E-state index in [9.17, 15) is 18.0 Å². The normalized spacial score (nSPS) is 14.5. The first kappa shape index (κ1) is 32.4. The molecule has 0 radical (unpaired) electrons. The second kappa shape index (κ2) is 15.3. The first-order valence-electron chi connectivity index (χ1n) is 14.8. The molecule has 0 aliphatic heterocycles. The van der Waals surface area contributed by atoms with Crippen LogP contribution in [0.2, 0.25) is 5.02 Å². The number of hydrogen-bond donors (Lipinski definition) is 1. The number of amides is 2. The number of nitrogens with one attached hydrogen (secondary N) is 1. The van der Waals surface area contributed by atoms with Crippen LogP contribution in [0.1, 0.15) is 51.5 Å². The highest BCUT2D eigenvalue weighted by Gasteiger charge is 2.34. The fourth-order valence-electron chi connectivity index (χ4n) is 5.33. The van der Waals surface area contributed by atoms with Gasteiger partial charge in [0.2, 0.25) is 11.8 Å². The van der Waals surface area contributed by atoms with Crippen LogP contribution in [-0.2, 0) is 26.0 Å². The maximum Gasteiger partial charge on any atom is 0.264 e. The Hall–Kier alpha value is -3.56. The highest BCUT2D eigenvalue weighted by atomic mass is 35.5. The molecule has 1 saturated carbocycles. The minimum atomic E-state index is -4.23. The van der Waals surface area contributed by atoms with E-state index in [4.69, 9.17) is 16.3 Å². The second-order valence-electron chi connectivity index (χ2n) is 10.7. The number of para-hydroxylation sites is 2. The summed E-state index contributed by atoms with van der Waals surface area (Å²) in [7, 11) is -4.23. The minimum Gasteiger partial charge on any atom is -0.492 e. The van der Waals surface area contributed by atoms with Crippen molar-refractivity contribution >= 4 is 39.1 Å². The number of halogens is 1. The Labute approximate surface area is 260 Å². The number of benzene rings is 3. The fourth-order valence-corrected chi connectivity index (χ4v) is 6.88. The van der Waals surface area contributed by atoms with Gasteiger partial charge in [0.15, 0.2) is 0 Å². The molecule has 0 heterocycles. The van der Waals surface area contributed by atoms with E-state index in [1.165, 1.54) is 29.2 Å². The van der Waals surface area contributed by atoms with Gasteiger partial charge in [-0.1, -0.05) is 73.3 Å². The van der Waals surface area contributed by atoms with Crippen molar-refractivity contribution in [3.8, 4) is 5.75 Å². The molecule has 230 valence electrons. The molecule has 1 fully saturated rings. The van der Waals surface area contributed by atoms with Crippen molar-refractivity contribution in [2.75, 3.05) is 24.0 Å². The predicted molar refractivity (Wildman–Crippen MR) is 170 cm³/mol. The summed E-state index contributed by atoms with van der Waals surface area (Å²) in [6.07, 6.45) is 5.62. The van der Waals surface area contributed by atoms with Crippen LogP contribution >= 0.6 is 11.6 Å². The number of hydrogen-bond acceptors (Lipinski definition) is 5. The van der Waals surface area contributed by atoms with Gasteiger partial charge in [0.05, 0.1) is 17.2 Å². The molecule has 0 spiro atoms. The van der Waals surface area contributed by atoms with Gasteiger partial charge in [0.25, 0.3) is 10.0 Å². The van der Waals surface area contributed by atoms with Crippen LogP contribution in [-0.4, -0.2) is 56.9 Å². The summed E-state index contributed by atoms with van der Waals surface area (Å²) in [5.41, 5.74) is 1.24. The quantitative estimate of drug-likeness (QED) is 0.257. The summed E-state index contributed by atoms with van der Waals surface area (Å²) in [5.74, 6) is -0.407. The van der Waals surface area contributed by atoms with Crippen molar-refractivity contribution in [3.05, 3.63) is 89.4 Å². The van der Waals surface area contributed by atoms with Crippen LogP contribution in [0.25, 0.3) is 0 Å². The zero-order valence-electron chi connectivity index (χ0n) is 24.7. The highest BCUT2D eigenvalue weighted by molar-refractivity contribution is 7.92. The lowest BCUT2D eigenvalue weighted by atomic mass is 9.95. The topological polar surface area (TPSA) is 96.0 Å². The lowest BCUT2D eigenvalue weighted by molar-refractivity contribution is -0.139. The second-order valence-corrected chi connectivity index (χ2v) is 13.0. The third-order valence-corrected chi connectivity index (χ3v) is 9.74. The van der Waals surface area contributed by atoms with E-state index in [2.05, 4.69) is 5.32 Å². The number of ether oxygens (including phenoxy) is 1. The van der Waals surface area contributed by atoms with Gasteiger partial charge in [-0.2, -0.15) is 0 Å². The number of carbonyl (C=O) groups is 2. The van der Waals surface area contributed by atoms with E-state index in [0.29, 0.717) is 23.8 Å². The zero-order valence-corrected chi connectivity index (χ0v) is 26.3. The molecule has 1 aliphatic carbocycles. The number of carbonyl (C=O) groups excluding carboxylic acids is 2. The molecule has 0 aromatic heterocycles. The molecular weight excluding hydrogens is 586 g/mol. The largest absolute Gasteiger partial charge is 0.492 e. The van der Waals surface area contributed by atoms with Crippen LogP contribution in [0.3, 0.4) is 0 Å². The van der Waals surface area contributed by atoms with Crippen molar-refractivity contribution in [2.45, 2.75) is 69.4 Å². The van der Waals surface area contributed by atoms with E-state index in [1.54, 1.807) is 38.1 Å². The van der Waals surface area contributed by atoms with Gasteiger partial charge in [-0.3, -0.25) is 13.9 Å². The molecule has 1 aliphatic rings. The molecule has 43 heavy (non-hydrogen) atoms. The Morgan fingerprint density at radius 3 is 2.28 bits per heavy atom. The van der Waals surface area contributed by atoms with Gasteiger partial charge in [0, 0.05) is 17.6 Å². The number of nitrogens with zero attached hydrogens (tertiary/aromatic N) is 2. The predicted octanol–water partition coefficient (Wildman–Crippen LogP) is 5.84. The first-order chi connectivity index (χ1) is 20.7. The SMILES string of the molecule is CCOc1ccccc1N(CC(=O)N(CCc1ccccc1)[C@@H](C)C(=O)NC1CCCCC1)S(=O)(=O)c1ccc(Cl)cc1. The smallest absolute Gasteiger partial charge is 0.264 e. The molecule has 8 nitrogen and oxygen atoms in total. The van der Waals surface area contributed by atoms with Gasteiger partial charge >= 0.3 is 0 Å².